The van der Waals surface area contributed by atoms with E-state index in [4.69, 9.17) is 25.8 Å². The number of hydrogen-bond donors (Lipinski definition) is 1. The zero-order valence-corrected chi connectivity index (χ0v) is 21.3. The van der Waals surface area contributed by atoms with Crippen LogP contribution in [0.1, 0.15) is 0 Å². The molecule has 5 rings (SSSR count). The maximum Gasteiger partial charge on any atom is 0.313 e. The first-order valence-electron chi connectivity index (χ1n) is 11.5. The summed E-state index contributed by atoms with van der Waals surface area (Å²) in [6.45, 7) is 2.18. The van der Waals surface area contributed by atoms with Crippen LogP contribution in [0, 0.1) is 10.1 Å². The van der Waals surface area contributed by atoms with Crippen LogP contribution in [0.25, 0.3) is 22.2 Å². The Hall–Kier alpha value is -4.09. The SMILES string of the molecule is COc1cc(OCCN(C)C)c([N+](=O)[O-])cc1Nc1ncc(Cl)c(-c2cn3c4c(cccc24)OCC3)n1. The minimum Gasteiger partial charge on any atom is -0.494 e. The summed E-state index contributed by atoms with van der Waals surface area (Å²) in [4.78, 5) is 22.1. The number of anilines is 2. The molecule has 1 aliphatic heterocycles. The second-order valence-corrected chi connectivity index (χ2v) is 9.09. The Balaban J connectivity index is 1.51. The van der Waals surface area contributed by atoms with Crippen molar-refractivity contribution in [3.05, 3.63) is 57.9 Å². The van der Waals surface area contributed by atoms with Gasteiger partial charge in [0.2, 0.25) is 11.7 Å². The molecule has 0 aliphatic carbocycles. The number of halogens is 1. The highest BCUT2D eigenvalue weighted by Gasteiger charge is 2.23. The Morgan fingerprint density at radius 3 is 2.89 bits per heavy atom. The monoisotopic (exact) mass is 524 g/mol. The van der Waals surface area contributed by atoms with Gasteiger partial charge in [0.15, 0.2) is 0 Å². The number of aromatic nitrogens is 3. The molecule has 11 nitrogen and oxygen atoms in total. The number of hydrogen-bond acceptors (Lipinski definition) is 9. The van der Waals surface area contributed by atoms with Gasteiger partial charge in [-0.05, 0) is 20.2 Å². The van der Waals surface area contributed by atoms with Crippen molar-refractivity contribution in [3.8, 4) is 28.5 Å². The summed E-state index contributed by atoms with van der Waals surface area (Å²) in [6, 6.07) is 8.68. The maximum absolute atomic E-state index is 11.8. The molecule has 1 N–H and O–H groups in total. The van der Waals surface area contributed by atoms with Crippen molar-refractivity contribution in [2.24, 2.45) is 0 Å². The van der Waals surface area contributed by atoms with Gasteiger partial charge in [0.05, 0.1) is 46.7 Å². The van der Waals surface area contributed by atoms with Gasteiger partial charge in [-0.1, -0.05) is 23.7 Å². The number of likely N-dealkylation sites (N-methyl/N-ethyl adjacent to an activating group) is 1. The van der Waals surface area contributed by atoms with E-state index in [-0.39, 0.29) is 24.0 Å². The third-order valence-corrected chi connectivity index (χ3v) is 6.25. The second kappa shape index (κ2) is 10.1. The highest BCUT2D eigenvalue weighted by molar-refractivity contribution is 6.33. The lowest BCUT2D eigenvalue weighted by atomic mass is 10.1. The summed E-state index contributed by atoms with van der Waals surface area (Å²) in [7, 11) is 5.26. The van der Waals surface area contributed by atoms with Gasteiger partial charge in [0, 0.05) is 35.8 Å². The number of nitrogens with zero attached hydrogens (tertiary/aromatic N) is 5. The van der Waals surface area contributed by atoms with Crippen LogP contribution in [0.3, 0.4) is 0 Å². The number of nitro groups is 1. The van der Waals surface area contributed by atoms with Crippen molar-refractivity contribution in [3.63, 3.8) is 0 Å². The second-order valence-electron chi connectivity index (χ2n) is 8.68. The van der Waals surface area contributed by atoms with E-state index in [1.54, 1.807) is 0 Å². The molecule has 0 fully saturated rings. The largest absolute Gasteiger partial charge is 0.494 e. The molecule has 37 heavy (non-hydrogen) atoms. The molecule has 0 radical (unpaired) electrons. The molecule has 0 spiro atoms. The zero-order chi connectivity index (χ0) is 26.1. The molecule has 2 aromatic carbocycles. The Morgan fingerprint density at radius 1 is 1.30 bits per heavy atom. The van der Waals surface area contributed by atoms with E-state index < -0.39 is 4.92 Å². The highest BCUT2D eigenvalue weighted by Crippen LogP contribution is 2.41. The van der Waals surface area contributed by atoms with Crippen LogP contribution in [0.5, 0.6) is 17.2 Å². The maximum atomic E-state index is 11.8. The number of ether oxygens (including phenoxy) is 3. The van der Waals surface area contributed by atoms with Gasteiger partial charge in [-0.15, -0.1) is 0 Å². The summed E-state index contributed by atoms with van der Waals surface area (Å²) < 4.78 is 19.1. The van der Waals surface area contributed by atoms with Crippen LogP contribution < -0.4 is 19.5 Å². The first-order chi connectivity index (χ1) is 17.9. The van der Waals surface area contributed by atoms with E-state index in [2.05, 4.69) is 19.9 Å². The van der Waals surface area contributed by atoms with Crippen molar-refractivity contribution in [1.82, 2.24) is 19.4 Å². The minimum atomic E-state index is -0.500. The number of methoxy groups -OCH3 is 1. The molecule has 0 saturated heterocycles. The van der Waals surface area contributed by atoms with Gasteiger partial charge in [-0.2, -0.15) is 0 Å². The van der Waals surface area contributed by atoms with Crippen LogP contribution in [0.4, 0.5) is 17.3 Å². The predicted molar refractivity (Wildman–Crippen MR) is 140 cm³/mol. The smallest absolute Gasteiger partial charge is 0.313 e. The Morgan fingerprint density at radius 2 is 2.14 bits per heavy atom. The first kappa shape index (κ1) is 24.6. The van der Waals surface area contributed by atoms with E-state index in [9.17, 15) is 10.1 Å². The van der Waals surface area contributed by atoms with Crippen molar-refractivity contribution in [2.75, 3.05) is 46.3 Å². The summed E-state index contributed by atoms with van der Waals surface area (Å²) in [5, 5.41) is 16.2. The van der Waals surface area contributed by atoms with Crippen molar-refractivity contribution < 1.29 is 19.1 Å². The third kappa shape index (κ3) is 4.83. The molecule has 2 aromatic heterocycles. The lowest BCUT2D eigenvalue weighted by molar-refractivity contribution is -0.385. The third-order valence-electron chi connectivity index (χ3n) is 5.97. The van der Waals surface area contributed by atoms with Crippen LogP contribution in [-0.2, 0) is 6.54 Å². The fraction of sp³-hybridized carbons (Fsp3) is 0.280. The van der Waals surface area contributed by atoms with Gasteiger partial charge in [-0.3, -0.25) is 10.1 Å². The zero-order valence-electron chi connectivity index (χ0n) is 20.5. The molecule has 3 heterocycles. The average molecular weight is 525 g/mol. The highest BCUT2D eigenvalue weighted by atomic mass is 35.5. The Kier molecular flexibility index (Phi) is 6.72. The normalized spacial score (nSPS) is 12.5. The van der Waals surface area contributed by atoms with E-state index >= 15 is 0 Å². The van der Waals surface area contributed by atoms with Crippen LogP contribution in [0.15, 0.2) is 42.7 Å². The molecular formula is C25H25ClN6O5. The molecule has 192 valence electrons. The molecule has 0 saturated carbocycles. The van der Waals surface area contributed by atoms with Gasteiger partial charge in [0.25, 0.3) is 0 Å². The fourth-order valence-corrected chi connectivity index (χ4v) is 4.40. The van der Waals surface area contributed by atoms with Gasteiger partial charge in [-0.25, -0.2) is 9.97 Å². The number of nitrogens with one attached hydrogen (secondary N) is 1. The first-order valence-corrected chi connectivity index (χ1v) is 11.9. The molecule has 0 unspecified atom stereocenters. The molecule has 0 bridgehead atoms. The average Bonchev–Trinajstić information content (AvgIpc) is 3.25. The van der Waals surface area contributed by atoms with Crippen LogP contribution in [-0.4, -0.2) is 65.3 Å². The topological polar surface area (TPSA) is 117 Å². The summed E-state index contributed by atoms with van der Waals surface area (Å²) in [5.74, 6) is 1.47. The fourth-order valence-electron chi connectivity index (χ4n) is 4.21. The van der Waals surface area contributed by atoms with Crippen LogP contribution >= 0.6 is 11.6 Å². The van der Waals surface area contributed by atoms with Crippen molar-refractivity contribution >= 4 is 39.8 Å². The predicted octanol–water partition coefficient (Wildman–Crippen LogP) is 4.74. The lowest BCUT2D eigenvalue weighted by Gasteiger charge is -2.16. The number of benzene rings is 2. The molecule has 1 aliphatic rings. The van der Waals surface area contributed by atoms with Crippen molar-refractivity contribution in [1.29, 1.82) is 0 Å². The molecule has 4 aromatic rings. The lowest BCUT2D eigenvalue weighted by Crippen LogP contribution is -2.19. The Labute approximate surface area is 217 Å². The number of nitro benzene ring substituents is 1. The van der Waals surface area contributed by atoms with Crippen LogP contribution in [0.2, 0.25) is 5.02 Å². The number of rotatable bonds is 9. The number of para-hydroxylation sites is 1. The van der Waals surface area contributed by atoms with E-state index in [0.29, 0.717) is 41.8 Å². The quantitative estimate of drug-likeness (QED) is 0.244. The molecule has 0 atom stereocenters. The molecular weight excluding hydrogens is 500 g/mol. The van der Waals surface area contributed by atoms with Gasteiger partial charge in [0.1, 0.15) is 24.7 Å². The minimum absolute atomic E-state index is 0.114. The Bertz CT molecular complexity index is 1490. The van der Waals surface area contributed by atoms with E-state index in [1.165, 1.54) is 25.4 Å². The van der Waals surface area contributed by atoms with Crippen molar-refractivity contribution in [2.45, 2.75) is 6.54 Å². The summed E-state index contributed by atoms with van der Waals surface area (Å²) >= 11 is 6.53. The molecule has 12 heteroatoms. The summed E-state index contributed by atoms with van der Waals surface area (Å²) in [5.41, 5.74) is 2.46. The standard InChI is InChI=1S/C25H25ClN6O5/c1-30(2)7-9-37-22-12-21(35-3)18(11-19(22)32(33)34)28-25-27-13-17(26)23(29-25)16-14-31-8-10-36-20-6-4-5-15(16)24(20)31/h4-6,11-14H,7-10H2,1-3H3,(H,27,28,29). The van der Waals surface area contributed by atoms with Gasteiger partial charge < -0.3 is 29.0 Å². The summed E-state index contributed by atoms with van der Waals surface area (Å²) in [6.07, 6.45) is 3.50. The molecule has 0 amide bonds. The van der Waals surface area contributed by atoms with E-state index in [1.807, 2.05) is 43.4 Å². The van der Waals surface area contributed by atoms with E-state index in [0.717, 1.165) is 22.2 Å². The van der Waals surface area contributed by atoms with Gasteiger partial charge >= 0.3 is 5.69 Å².